The molecule has 2 aromatic rings. The third-order valence-corrected chi connectivity index (χ3v) is 3.97. The number of amides is 2. The third kappa shape index (κ3) is 2.49. The van der Waals surface area contributed by atoms with Gasteiger partial charge in [0.15, 0.2) is 5.69 Å². The fourth-order valence-corrected chi connectivity index (χ4v) is 2.98. The Morgan fingerprint density at radius 2 is 2.09 bits per heavy atom. The Hall–Kier alpha value is -2.34. The van der Waals surface area contributed by atoms with E-state index in [2.05, 4.69) is 10.4 Å². The molecule has 0 unspecified atom stereocenters. The number of anilines is 3. The minimum absolute atomic E-state index is 0.163. The minimum atomic E-state index is -0.268. The van der Waals surface area contributed by atoms with Gasteiger partial charge >= 0.3 is 0 Å². The highest BCUT2D eigenvalue weighted by molar-refractivity contribution is 6.21. The van der Waals surface area contributed by atoms with Crippen molar-refractivity contribution < 1.29 is 9.59 Å². The van der Waals surface area contributed by atoms with E-state index < -0.39 is 0 Å². The van der Waals surface area contributed by atoms with Crippen LogP contribution in [0.1, 0.15) is 29.5 Å². The van der Waals surface area contributed by atoms with Crippen LogP contribution in [0.15, 0.2) is 24.3 Å². The second-order valence-electron chi connectivity index (χ2n) is 5.24. The zero-order chi connectivity index (χ0) is 16.6. The predicted octanol–water partition coefficient (Wildman–Crippen LogP) is 3.07. The summed E-state index contributed by atoms with van der Waals surface area (Å²) >= 11 is 5.76. The van der Waals surface area contributed by atoms with Crippen molar-refractivity contribution in [1.82, 2.24) is 9.78 Å². The fraction of sp³-hybridized carbons (Fsp3) is 0.312. The quantitative estimate of drug-likeness (QED) is 0.878. The molecule has 0 saturated heterocycles. The molecule has 1 aromatic heterocycles. The summed E-state index contributed by atoms with van der Waals surface area (Å²) in [5.74, 6) is -0.213. The van der Waals surface area contributed by atoms with Gasteiger partial charge in [0, 0.05) is 18.8 Å². The number of para-hydroxylation sites is 2. The molecule has 1 aromatic carbocycles. The number of carbonyl (C=O) groups is 2. The van der Waals surface area contributed by atoms with Crippen LogP contribution in [0.2, 0.25) is 0 Å². The van der Waals surface area contributed by atoms with Crippen molar-refractivity contribution in [2.45, 2.75) is 26.8 Å². The molecule has 0 spiro atoms. The van der Waals surface area contributed by atoms with Crippen molar-refractivity contribution in [1.29, 1.82) is 0 Å². The van der Waals surface area contributed by atoms with Gasteiger partial charge in [-0.3, -0.25) is 19.2 Å². The Morgan fingerprint density at radius 3 is 2.78 bits per heavy atom. The summed E-state index contributed by atoms with van der Waals surface area (Å²) < 4.78 is 1.62. The van der Waals surface area contributed by atoms with Crippen LogP contribution < -0.4 is 10.2 Å². The molecular weight excluding hydrogens is 316 g/mol. The largest absolute Gasteiger partial charge is 0.319 e. The topological polar surface area (TPSA) is 67.2 Å². The van der Waals surface area contributed by atoms with Gasteiger partial charge in [-0.1, -0.05) is 12.1 Å². The van der Waals surface area contributed by atoms with E-state index in [0.717, 1.165) is 0 Å². The van der Waals surface area contributed by atoms with Crippen molar-refractivity contribution in [3.8, 4) is 0 Å². The summed E-state index contributed by atoms with van der Waals surface area (Å²) in [5, 5.41) is 7.26. The lowest BCUT2D eigenvalue weighted by Gasteiger charge is -2.22. The van der Waals surface area contributed by atoms with Gasteiger partial charge in [-0.2, -0.15) is 5.10 Å². The Balaban J connectivity index is 2.29. The van der Waals surface area contributed by atoms with Crippen molar-refractivity contribution in [3.05, 3.63) is 35.7 Å². The summed E-state index contributed by atoms with van der Waals surface area (Å²) in [6.45, 7) is 4.24. The molecule has 6 nitrogen and oxygen atoms in total. The maximum absolute atomic E-state index is 12.7. The van der Waals surface area contributed by atoms with Gasteiger partial charge in [-0.25, -0.2) is 0 Å². The Kier molecular flexibility index (Phi) is 4.09. The number of halogens is 1. The van der Waals surface area contributed by atoms with E-state index >= 15 is 0 Å². The van der Waals surface area contributed by atoms with Gasteiger partial charge in [0.25, 0.3) is 5.91 Å². The van der Waals surface area contributed by atoms with Crippen LogP contribution in [-0.4, -0.2) is 27.5 Å². The first-order valence-electron chi connectivity index (χ1n) is 7.45. The van der Waals surface area contributed by atoms with Gasteiger partial charge < -0.3 is 5.32 Å². The van der Waals surface area contributed by atoms with Crippen LogP contribution in [-0.2, 0) is 11.3 Å². The Bertz CT molecular complexity index is 784. The first kappa shape index (κ1) is 15.6. The molecule has 0 fully saturated rings. The minimum Gasteiger partial charge on any atom is -0.319 e. The summed E-state index contributed by atoms with van der Waals surface area (Å²) in [4.78, 5) is 26.9. The van der Waals surface area contributed by atoms with Crippen molar-refractivity contribution in [2.24, 2.45) is 0 Å². The first-order chi connectivity index (χ1) is 11.1. The molecule has 120 valence electrons. The number of alkyl halides is 1. The lowest BCUT2D eigenvalue weighted by molar-refractivity contribution is -0.117. The summed E-state index contributed by atoms with van der Waals surface area (Å²) in [5.41, 5.74) is 2.79. The van der Waals surface area contributed by atoms with E-state index in [1.807, 2.05) is 19.1 Å². The van der Waals surface area contributed by atoms with Gasteiger partial charge in [-0.15, -0.1) is 11.6 Å². The van der Waals surface area contributed by atoms with E-state index in [1.165, 1.54) is 0 Å². The molecule has 0 radical (unpaired) electrons. The average molecular weight is 333 g/mol. The second kappa shape index (κ2) is 6.04. The molecule has 7 heteroatoms. The van der Waals surface area contributed by atoms with Crippen molar-refractivity contribution in [3.63, 3.8) is 0 Å². The monoisotopic (exact) mass is 332 g/mol. The highest BCUT2D eigenvalue weighted by atomic mass is 35.5. The normalized spacial score (nSPS) is 13.2. The average Bonchev–Trinajstić information content (AvgIpc) is 2.79. The molecule has 1 aliphatic rings. The van der Waals surface area contributed by atoms with Crippen LogP contribution in [0.5, 0.6) is 0 Å². The van der Waals surface area contributed by atoms with E-state index in [1.54, 1.807) is 28.6 Å². The summed E-state index contributed by atoms with van der Waals surface area (Å²) in [7, 11) is 0. The Morgan fingerprint density at radius 1 is 1.35 bits per heavy atom. The molecule has 3 rings (SSSR count). The van der Waals surface area contributed by atoms with Gasteiger partial charge in [-0.05, 0) is 26.0 Å². The number of nitrogens with zero attached hydrogens (tertiary/aromatic N) is 3. The van der Waals surface area contributed by atoms with E-state index in [-0.39, 0.29) is 24.1 Å². The van der Waals surface area contributed by atoms with Gasteiger partial charge in [0.05, 0.1) is 17.1 Å². The zero-order valence-electron chi connectivity index (χ0n) is 13.0. The molecule has 1 aliphatic heterocycles. The molecular formula is C16H17ClN4O2. The molecule has 0 saturated carbocycles. The summed E-state index contributed by atoms with van der Waals surface area (Å²) in [6, 6.07) is 7.23. The number of aromatic nitrogens is 2. The zero-order valence-corrected chi connectivity index (χ0v) is 13.7. The lowest BCUT2D eigenvalue weighted by Crippen LogP contribution is -2.27. The smallest absolute Gasteiger partial charge is 0.276 e. The second-order valence-corrected chi connectivity index (χ2v) is 5.62. The lowest BCUT2D eigenvalue weighted by atomic mass is 10.2. The van der Waals surface area contributed by atoms with Crippen molar-refractivity contribution >= 4 is 40.5 Å². The standard InChI is InChI=1S/C16H17ClN4O2/c1-3-20-15-14(10(2)19-20)21(13(22)8-9-17)12-7-5-4-6-11(12)18-16(15)23/h4-7H,3,8-9H2,1-2H3,(H,18,23). The fourth-order valence-electron chi connectivity index (χ4n) is 2.82. The number of carbonyl (C=O) groups excluding carboxylic acids is 2. The van der Waals surface area contributed by atoms with Crippen LogP contribution in [0.3, 0.4) is 0 Å². The molecule has 1 N–H and O–H groups in total. The Labute approximate surface area is 139 Å². The number of fused-ring (bicyclic) bond motifs is 2. The van der Waals surface area contributed by atoms with E-state index in [4.69, 9.17) is 11.6 Å². The predicted molar refractivity (Wildman–Crippen MR) is 89.5 cm³/mol. The maximum Gasteiger partial charge on any atom is 0.276 e. The van der Waals surface area contributed by atoms with Gasteiger partial charge in [0.1, 0.15) is 5.69 Å². The van der Waals surface area contributed by atoms with Crippen LogP contribution in [0.4, 0.5) is 17.1 Å². The first-order valence-corrected chi connectivity index (χ1v) is 7.98. The SMILES string of the molecule is CCn1nc(C)c2c1C(=O)Nc1ccccc1N2C(=O)CCCl. The highest BCUT2D eigenvalue weighted by Gasteiger charge is 2.34. The van der Waals surface area contributed by atoms with Crippen LogP contribution in [0.25, 0.3) is 0 Å². The van der Waals surface area contributed by atoms with Gasteiger partial charge in [0.2, 0.25) is 5.91 Å². The number of hydrogen-bond donors (Lipinski definition) is 1. The number of benzene rings is 1. The number of hydrogen-bond acceptors (Lipinski definition) is 3. The molecule has 0 atom stereocenters. The van der Waals surface area contributed by atoms with Crippen LogP contribution >= 0.6 is 11.6 Å². The van der Waals surface area contributed by atoms with E-state index in [0.29, 0.717) is 35.0 Å². The third-order valence-electron chi connectivity index (χ3n) is 3.78. The van der Waals surface area contributed by atoms with Crippen LogP contribution in [0, 0.1) is 6.92 Å². The number of rotatable bonds is 3. The highest BCUT2D eigenvalue weighted by Crippen LogP contribution is 2.39. The van der Waals surface area contributed by atoms with Crippen molar-refractivity contribution in [2.75, 3.05) is 16.1 Å². The maximum atomic E-state index is 12.7. The molecule has 0 bridgehead atoms. The number of aryl methyl sites for hydroxylation is 2. The van der Waals surface area contributed by atoms with E-state index in [9.17, 15) is 9.59 Å². The molecule has 2 amide bonds. The molecule has 23 heavy (non-hydrogen) atoms. The number of nitrogens with one attached hydrogen (secondary N) is 1. The molecule has 0 aliphatic carbocycles. The molecule has 2 heterocycles. The summed E-state index contributed by atoms with van der Waals surface area (Å²) in [6.07, 6.45) is 0.181.